The topological polar surface area (TPSA) is 64.6 Å². The molecule has 0 bridgehead atoms. The number of amides is 1. The molecule has 1 amide bonds. The number of benzene rings is 2. The van der Waals surface area contributed by atoms with Crippen LogP contribution in [0.3, 0.4) is 0 Å². The summed E-state index contributed by atoms with van der Waals surface area (Å²) in [5.41, 5.74) is 1.40. The number of halogens is 2. The Labute approximate surface area is 162 Å². The van der Waals surface area contributed by atoms with Crippen LogP contribution >= 0.6 is 23.2 Å². The Morgan fingerprint density at radius 2 is 1.88 bits per heavy atom. The summed E-state index contributed by atoms with van der Waals surface area (Å²) in [6, 6.07) is 12.1. The number of carbonyl (C=O) groups excluding carboxylic acids is 2. The first kappa shape index (κ1) is 20.1. The van der Waals surface area contributed by atoms with Crippen molar-refractivity contribution in [3.05, 3.63) is 58.1 Å². The minimum absolute atomic E-state index is 0.163. The molecule has 0 heterocycles. The highest BCUT2D eigenvalue weighted by Crippen LogP contribution is 2.26. The highest BCUT2D eigenvalue weighted by atomic mass is 35.5. The van der Waals surface area contributed by atoms with Gasteiger partial charge < -0.3 is 14.8 Å². The van der Waals surface area contributed by atoms with Gasteiger partial charge in [-0.15, -0.1) is 0 Å². The van der Waals surface area contributed by atoms with Gasteiger partial charge in [0.1, 0.15) is 5.75 Å². The SMILES string of the molecule is CCOC(=O)COc1cccc(NC(=O)CCc2cccc(Cl)c2Cl)c1. The van der Waals surface area contributed by atoms with E-state index in [1.54, 1.807) is 43.3 Å². The lowest BCUT2D eigenvalue weighted by Crippen LogP contribution is -2.15. The van der Waals surface area contributed by atoms with Crippen molar-refractivity contribution in [2.24, 2.45) is 0 Å². The lowest BCUT2D eigenvalue weighted by atomic mass is 10.1. The van der Waals surface area contributed by atoms with Crippen LogP contribution in [-0.4, -0.2) is 25.1 Å². The fraction of sp³-hybridized carbons (Fsp3) is 0.263. The smallest absolute Gasteiger partial charge is 0.344 e. The van der Waals surface area contributed by atoms with E-state index in [1.807, 2.05) is 6.07 Å². The number of hydrogen-bond donors (Lipinski definition) is 1. The number of carbonyl (C=O) groups is 2. The third-order valence-electron chi connectivity index (χ3n) is 3.43. The molecule has 0 aliphatic carbocycles. The molecule has 5 nitrogen and oxygen atoms in total. The minimum Gasteiger partial charge on any atom is -0.482 e. The highest BCUT2D eigenvalue weighted by molar-refractivity contribution is 6.42. The van der Waals surface area contributed by atoms with Crippen molar-refractivity contribution in [1.29, 1.82) is 0 Å². The number of aryl methyl sites for hydroxylation is 1. The fourth-order valence-electron chi connectivity index (χ4n) is 2.22. The summed E-state index contributed by atoms with van der Waals surface area (Å²) in [6.45, 7) is 1.85. The minimum atomic E-state index is -0.444. The third kappa shape index (κ3) is 6.24. The van der Waals surface area contributed by atoms with Crippen LogP contribution in [0.5, 0.6) is 5.75 Å². The molecule has 0 spiro atoms. The molecule has 2 aromatic carbocycles. The van der Waals surface area contributed by atoms with E-state index in [-0.39, 0.29) is 18.9 Å². The molecule has 0 atom stereocenters. The van der Waals surface area contributed by atoms with E-state index in [2.05, 4.69) is 5.32 Å². The molecule has 2 aromatic rings. The summed E-state index contributed by atoms with van der Waals surface area (Å²) in [7, 11) is 0. The van der Waals surface area contributed by atoms with Crippen LogP contribution in [0.15, 0.2) is 42.5 Å². The summed E-state index contributed by atoms with van der Waals surface area (Å²) >= 11 is 12.1. The first-order valence-corrected chi connectivity index (χ1v) is 8.86. The Kier molecular flexibility index (Phi) is 7.75. The zero-order chi connectivity index (χ0) is 18.9. The van der Waals surface area contributed by atoms with Crippen molar-refractivity contribution in [2.75, 3.05) is 18.5 Å². The lowest BCUT2D eigenvalue weighted by molar-refractivity contribution is -0.145. The molecule has 0 radical (unpaired) electrons. The first-order valence-electron chi connectivity index (χ1n) is 8.10. The quantitative estimate of drug-likeness (QED) is 0.667. The Morgan fingerprint density at radius 1 is 1.12 bits per heavy atom. The largest absolute Gasteiger partial charge is 0.482 e. The van der Waals surface area contributed by atoms with Crippen LogP contribution in [0.1, 0.15) is 18.9 Å². The zero-order valence-electron chi connectivity index (χ0n) is 14.3. The monoisotopic (exact) mass is 395 g/mol. The van der Waals surface area contributed by atoms with Gasteiger partial charge in [0, 0.05) is 18.2 Å². The normalized spacial score (nSPS) is 10.3. The summed E-state index contributed by atoms with van der Waals surface area (Å²) < 4.78 is 10.1. The van der Waals surface area contributed by atoms with E-state index in [1.165, 1.54) is 0 Å². The van der Waals surface area contributed by atoms with E-state index in [0.29, 0.717) is 34.5 Å². The second-order valence-corrected chi connectivity index (χ2v) is 6.17. The van der Waals surface area contributed by atoms with Gasteiger partial charge in [0.05, 0.1) is 16.7 Å². The summed E-state index contributed by atoms with van der Waals surface area (Å²) in [6.07, 6.45) is 0.734. The maximum atomic E-state index is 12.1. The van der Waals surface area contributed by atoms with E-state index in [0.717, 1.165) is 5.56 Å². The van der Waals surface area contributed by atoms with Crippen molar-refractivity contribution >= 4 is 40.8 Å². The zero-order valence-corrected chi connectivity index (χ0v) is 15.8. The average Bonchev–Trinajstić information content (AvgIpc) is 2.62. The molecular formula is C19H19Cl2NO4. The Bertz CT molecular complexity index is 780. The second-order valence-electron chi connectivity index (χ2n) is 5.38. The number of rotatable bonds is 8. The Morgan fingerprint density at radius 3 is 2.65 bits per heavy atom. The molecule has 0 fully saturated rings. The molecule has 7 heteroatoms. The van der Waals surface area contributed by atoms with Crippen LogP contribution < -0.4 is 10.1 Å². The lowest BCUT2D eigenvalue weighted by Gasteiger charge is -2.09. The average molecular weight is 396 g/mol. The van der Waals surface area contributed by atoms with Crippen LogP contribution in [0.25, 0.3) is 0 Å². The Hall–Kier alpha value is -2.24. The van der Waals surface area contributed by atoms with E-state index in [9.17, 15) is 9.59 Å². The van der Waals surface area contributed by atoms with Gasteiger partial charge in [0.2, 0.25) is 5.91 Å². The number of hydrogen-bond acceptors (Lipinski definition) is 4. The molecule has 138 valence electrons. The number of nitrogens with one attached hydrogen (secondary N) is 1. The number of esters is 1. The van der Waals surface area contributed by atoms with Gasteiger partial charge >= 0.3 is 5.97 Å². The first-order chi connectivity index (χ1) is 12.5. The van der Waals surface area contributed by atoms with E-state index in [4.69, 9.17) is 32.7 Å². The predicted molar refractivity (Wildman–Crippen MR) is 102 cm³/mol. The van der Waals surface area contributed by atoms with Crippen LogP contribution in [0, 0.1) is 0 Å². The van der Waals surface area contributed by atoms with E-state index < -0.39 is 5.97 Å². The van der Waals surface area contributed by atoms with Gasteiger partial charge in [-0.2, -0.15) is 0 Å². The molecule has 0 aliphatic heterocycles. The molecule has 0 aromatic heterocycles. The van der Waals surface area contributed by atoms with Crippen LogP contribution in [0.2, 0.25) is 10.0 Å². The predicted octanol–water partition coefficient (Wildman–Crippen LogP) is 4.51. The van der Waals surface area contributed by atoms with Gasteiger partial charge in [-0.25, -0.2) is 4.79 Å². The molecular weight excluding hydrogens is 377 g/mol. The number of ether oxygens (including phenoxy) is 2. The van der Waals surface area contributed by atoms with Gasteiger partial charge in [0.25, 0.3) is 0 Å². The number of anilines is 1. The van der Waals surface area contributed by atoms with Gasteiger partial charge in [-0.1, -0.05) is 41.4 Å². The maximum Gasteiger partial charge on any atom is 0.344 e. The summed E-state index contributed by atoms with van der Waals surface area (Å²) in [5.74, 6) is -0.141. The highest BCUT2D eigenvalue weighted by Gasteiger charge is 2.09. The standard InChI is InChI=1S/C19H19Cl2NO4/c1-2-25-18(24)12-26-15-7-4-6-14(11-15)22-17(23)10-9-13-5-3-8-16(20)19(13)21/h3-8,11H,2,9-10,12H2,1H3,(H,22,23). The summed E-state index contributed by atoms with van der Waals surface area (Å²) in [4.78, 5) is 23.5. The molecule has 0 unspecified atom stereocenters. The van der Waals surface area contributed by atoms with Gasteiger partial charge in [0.15, 0.2) is 6.61 Å². The maximum absolute atomic E-state index is 12.1. The van der Waals surface area contributed by atoms with Crippen molar-refractivity contribution < 1.29 is 19.1 Å². The molecule has 0 aliphatic rings. The van der Waals surface area contributed by atoms with Gasteiger partial charge in [-0.3, -0.25) is 4.79 Å². The van der Waals surface area contributed by atoms with E-state index >= 15 is 0 Å². The van der Waals surface area contributed by atoms with Crippen molar-refractivity contribution in [3.63, 3.8) is 0 Å². The van der Waals surface area contributed by atoms with Crippen LogP contribution in [0.4, 0.5) is 5.69 Å². The Balaban J connectivity index is 1.87. The van der Waals surface area contributed by atoms with Crippen molar-refractivity contribution in [2.45, 2.75) is 19.8 Å². The molecule has 1 N–H and O–H groups in total. The summed E-state index contributed by atoms with van der Waals surface area (Å²) in [5, 5.41) is 3.73. The molecule has 26 heavy (non-hydrogen) atoms. The van der Waals surface area contributed by atoms with Crippen molar-refractivity contribution in [1.82, 2.24) is 0 Å². The third-order valence-corrected chi connectivity index (χ3v) is 4.29. The molecule has 0 saturated carbocycles. The van der Waals surface area contributed by atoms with Gasteiger partial charge in [-0.05, 0) is 37.1 Å². The molecule has 0 saturated heterocycles. The van der Waals surface area contributed by atoms with Crippen molar-refractivity contribution in [3.8, 4) is 5.75 Å². The van der Waals surface area contributed by atoms with Crippen LogP contribution in [-0.2, 0) is 20.7 Å². The molecule has 2 rings (SSSR count). The fourth-order valence-corrected chi connectivity index (χ4v) is 2.64. The second kappa shape index (κ2) is 10.0.